The smallest absolute Gasteiger partial charge is 0.261 e. The van der Waals surface area contributed by atoms with Crippen molar-refractivity contribution in [2.24, 2.45) is 0 Å². The number of imidazole rings is 1. The Morgan fingerprint density at radius 2 is 1.76 bits per heavy atom. The number of aromatic nitrogens is 4. The third kappa shape index (κ3) is 6.04. The van der Waals surface area contributed by atoms with E-state index in [0.717, 1.165) is 19.0 Å². The molecule has 3 aromatic heterocycles. The molecule has 1 saturated heterocycles. The predicted octanol–water partition coefficient (Wildman–Crippen LogP) is 7.91. The molecule has 2 saturated carbocycles. The number of carbonyl (C=O) groups is 2. The van der Waals surface area contributed by atoms with Crippen LogP contribution in [0.1, 0.15) is 101 Å². The first-order valence-electron chi connectivity index (χ1n) is 18.9. The van der Waals surface area contributed by atoms with Crippen molar-refractivity contribution < 1.29 is 31.5 Å². The quantitative estimate of drug-likeness (QED) is 0.167. The Kier molecular flexibility index (Phi) is 8.78. The maximum absolute atomic E-state index is 15.7. The lowest BCUT2D eigenvalue weighted by atomic mass is 9.71. The van der Waals surface area contributed by atoms with E-state index >= 15 is 8.78 Å². The lowest BCUT2D eigenvalue weighted by Crippen LogP contribution is -2.64. The van der Waals surface area contributed by atoms with Crippen LogP contribution in [0.2, 0.25) is 0 Å². The number of alkyl halides is 3. The molecular formula is C40H45F5N8O2. The van der Waals surface area contributed by atoms with Crippen LogP contribution in [0.15, 0.2) is 30.7 Å². The van der Waals surface area contributed by atoms with E-state index in [4.69, 9.17) is 9.97 Å². The number of halogens is 5. The van der Waals surface area contributed by atoms with Crippen molar-refractivity contribution in [3.05, 3.63) is 59.2 Å². The Morgan fingerprint density at radius 1 is 1.04 bits per heavy atom. The number of nitrogens with zero attached hydrogens (tertiary/aromatic N) is 6. The number of nitrogens with one attached hydrogen (secondary N) is 2. The number of piperidine rings is 1. The minimum Gasteiger partial charge on any atom is -0.341 e. The molecule has 0 unspecified atom stereocenters. The van der Waals surface area contributed by atoms with Gasteiger partial charge in [-0.25, -0.2) is 31.9 Å². The second-order valence-corrected chi connectivity index (χ2v) is 16.9. The first-order chi connectivity index (χ1) is 25.9. The molecule has 0 spiro atoms. The highest BCUT2D eigenvalue weighted by Crippen LogP contribution is 2.50. The van der Waals surface area contributed by atoms with E-state index < -0.39 is 46.8 Å². The van der Waals surface area contributed by atoms with Crippen LogP contribution in [0.25, 0.3) is 22.3 Å². The van der Waals surface area contributed by atoms with E-state index in [9.17, 15) is 22.8 Å². The Morgan fingerprint density at radius 3 is 2.42 bits per heavy atom. The first-order valence-corrected chi connectivity index (χ1v) is 18.9. The van der Waals surface area contributed by atoms with Crippen molar-refractivity contribution in [1.82, 2.24) is 29.7 Å². The molecule has 292 valence electrons. The lowest BCUT2D eigenvalue weighted by molar-refractivity contribution is -0.124. The molecule has 2 aliphatic carbocycles. The summed E-state index contributed by atoms with van der Waals surface area (Å²) in [7, 11) is 0. The summed E-state index contributed by atoms with van der Waals surface area (Å²) < 4.78 is 74.6. The third-order valence-electron chi connectivity index (χ3n) is 12.2. The molecule has 4 aromatic rings. The molecule has 8 rings (SSSR count). The number of fused-ring (bicyclic) bond motifs is 2. The highest BCUT2D eigenvalue weighted by Gasteiger charge is 2.55. The number of hydrogen-bond acceptors (Lipinski definition) is 7. The summed E-state index contributed by atoms with van der Waals surface area (Å²) in [6, 6.07) is 4.51. The molecule has 2 amide bonds. The Labute approximate surface area is 315 Å². The van der Waals surface area contributed by atoms with Crippen LogP contribution in [-0.4, -0.2) is 79.0 Å². The molecule has 0 bridgehead atoms. The highest BCUT2D eigenvalue weighted by molar-refractivity contribution is 6.08. The van der Waals surface area contributed by atoms with E-state index in [2.05, 4.69) is 27.4 Å². The molecule has 1 aromatic carbocycles. The molecule has 55 heavy (non-hydrogen) atoms. The molecule has 0 radical (unpaired) electrons. The second kappa shape index (κ2) is 13.0. The van der Waals surface area contributed by atoms with E-state index in [1.54, 1.807) is 18.6 Å². The van der Waals surface area contributed by atoms with Crippen molar-refractivity contribution in [1.29, 1.82) is 0 Å². The number of rotatable bonds is 9. The van der Waals surface area contributed by atoms with Gasteiger partial charge in [-0.2, -0.15) is 0 Å². The van der Waals surface area contributed by atoms with Gasteiger partial charge in [0.25, 0.3) is 12.3 Å². The standard InChI is InChI=1S/C40H45F5N8O2/c1-20(2)52-19-47-28-14-26(48-34(32(28)52)49-27-13-25(21(3)30(42)31(27)43)35(54)50-40(9-10-40)36(44)45)22-12-29-33(46-17-22)38(4,5)37(55)53(29)24-15-39(6,16-24)51-11-7-8-23(41)18-51/h12-14,17,19-20,23-24,36H,7-11,15-16,18H2,1-6H3,(H,48,49)(H,50,54)/t23-,24?,39?/m1/s1. The monoisotopic (exact) mass is 764 g/mol. The van der Waals surface area contributed by atoms with Crippen molar-refractivity contribution in [2.75, 3.05) is 23.3 Å². The number of likely N-dealkylation sites (tertiary alicyclic amines) is 1. The molecule has 2 aliphatic heterocycles. The molecule has 4 aliphatic rings. The van der Waals surface area contributed by atoms with Gasteiger partial charge in [-0.05, 0) is 105 Å². The number of hydrogen-bond donors (Lipinski definition) is 2. The minimum absolute atomic E-state index is 0.0690. The molecule has 1 atom stereocenters. The van der Waals surface area contributed by atoms with Crippen molar-refractivity contribution in [3.63, 3.8) is 0 Å². The van der Waals surface area contributed by atoms with Crippen LogP contribution in [0.3, 0.4) is 0 Å². The van der Waals surface area contributed by atoms with Crippen LogP contribution in [-0.2, 0) is 10.2 Å². The van der Waals surface area contributed by atoms with Gasteiger partial charge in [-0.15, -0.1) is 0 Å². The van der Waals surface area contributed by atoms with Gasteiger partial charge in [0.05, 0.1) is 40.0 Å². The molecular weight excluding hydrogens is 719 g/mol. The van der Waals surface area contributed by atoms with Crippen LogP contribution in [0, 0.1) is 18.6 Å². The molecule has 3 fully saturated rings. The molecule has 5 heterocycles. The summed E-state index contributed by atoms with van der Waals surface area (Å²) in [5, 5.41) is 5.23. The fraction of sp³-hybridized carbons (Fsp3) is 0.525. The fourth-order valence-electron chi connectivity index (χ4n) is 8.63. The average Bonchev–Trinajstić information content (AvgIpc) is 3.73. The maximum Gasteiger partial charge on any atom is 0.261 e. The van der Waals surface area contributed by atoms with Gasteiger partial charge < -0.3 is 20.1 Å². The average molecular weight is 765 g/mol. The topological polar surface area (TPSA) is 108 Å². The van der Waals surface area contributed by atoms with Gasteiger partial charge in [0.15, 0.2) is 17.5 Å². The SMILES string of the molecule is Cc1c(C(=O)NC2(C(F)F)CC2)cc(Nc2nc(-c3cnc4c(c3)N(C3CC(C)(N5CCC[C@@H](F)C5)C3)C(=O)C4(C)C)cc3ncn(C(C)C)c23)c(F)c1F. The van der Waals surface area contributed by atoms with Crippen LogP contribution in [0.4, 0.5) is 39.1 Å². The van der Waals surface area contributed by atoms with E-state index in [1.165, 1.54) is 6.92 Å². The largest absolute Gasteiger partial charge is 0.341 e. The zero-order chi connectivity index (χ0) is 39.4. The molecule has 10 nitrogen and oxygen atoms in total. The third-order valence-corrected chi connectivity index (χ3v) is 12.2. The minimum atomic E-state index is -2.81. The van der Waals surface area contributed by atoms with Gasteiger partial charge in [-0.3, -0.25) is 19.5 Å². The van der Waals surface area contributed by atoms with Crippen molar-refractivity contribution in [3.8, 4) is 11.3 Å². The van der Waals surface area contributed by atoms with E-state index in [0.29, 0.717) is 59.5 Å². The number of carbonyl (C=O) groups excluding carboxylic acids is 2. The summed E-state index contributed by atoms with van der Waals surface area (Å²) in [5.41, 5.74) is -0.621. The Hall–Kier alpha value is -4.66. The summed E-state index contributed by atoms with van der Waals surface area (Å²) >= 11 is 0. The van der Waals surface area contributed by atoms with Crippen molar-refractivity contribution >= 4 is 40.0 Å². The summed E-state index contributed by atoms with van der Waals surface area (Å²) in [5.74, 6) is -3.46. The van der Waals surface area contributed by atoms with Crippen LogP contribution < -0.4 is 15.5 Å². The normalized spacial score (nSPS) is 24.4. The number of benzene rings is 1. The fourth-order valence-corrected chi connectivity index (χ4v) is 8.63. The van der Waals surface area contributed by atoms with Gasteiger partial charge in [0, 0.05) is 47.1 Å². The molecule has 15 heteroatoms. The van der Waals surface area contributed by atoms with Gasteiger partial charge in [-0.1, -0.05) is 0 Å². The molecule has 2 N–H and O–H groups in total. The number of pyridine rings is 2. The van der Waals surface area contributed by atoms with Gasteiger partial charge >= 0.3 is 0 Å². The summed E-state index contributed by atoms with van der Waals surface area (Å²) in [6.45, 7) is 12.1. The number of amides is 2. The Bertz CT molecular complexity index is 2230. The van der Waals surface area contributed by atoms with Crippen molar-refractivity contribution in [2.45, 2.75) is 121 Å². The zero-order valence-electron chi connectivity index (χ0n) is 31.7. The van der Waals surface area contributed by atoms with Gasteiger partial charge in [0.1, 0.15) is 17.2 Å². The zero-order valence-corrected chi connectivity index (χ0v) is 31.7. The van der Waals surface area contributed by atoms with Crippen LogP contribution >= 0.6 is 0 Å². The van der Waals surface area contributed by atoms with E-state index in [-0.39, 0.29) is 53.3 Å². The highest BCUT2D eigenvalue weighted by atomic mass is 19.3. The first kappa shape index (κ1) is 37.3. The number of anilines is 3. The Balaban J connectivity index is 1.16. The lowest BCUT2D eigenvalue weighted by Gasteiger charge is -2.56. The summed E-state index contributed by atoms with van der Waals surface area (Å²) in [4.78, 5) is 45.5. The van der Waals surface area contributed by atoms with Crippen LogP contribution in [0.5, 0.6) is 0 Å². The van der Waals surface area contributed by atoms with E-state index in [1.807, 2.05) is 43.2 Å². The summed E-state index contributed by atoms with van der Waals surface area (Å²) in [6.07, 6.45) is 2.51. The maximum atomic E-state index is 15.7. The van der Waals surface area contributed by atoms with Gasteiger partial charge in [0.2, 0.25) is 5.91 Å². The predicted molar refractivity (Wildman–Crippen MR) is 199 cm³/mol. The second-order valence-electron chi connectivity index (χ2n) is 16.9.